The van der Waals surface area contributed by atoms with Crippen LogP contribution in [0.1, 0.15) is 18.1 Å². The topological polar surface area (TPSA) is 58.2 Å². The summed E-state index contributed by atoms with van der Waals surface area (Å²) in [4.78, 5) is 12.1. The third-order valence-electron chi connectivity index (χ3n) is 3.53. The highest BCUT2D eigenvalue weighted by Gasteiger charge is 2.24. The van der Waals surface area contributed by atoms with Crippen molar-refractivity contribution in [1.82, 2.24) is 10.6 Å². The molecule has 0 bridgehead atoms. The Bertz CT molecular complexity index is 490. The highest BCUT2D eigenvalue weighted by Crippen LogP contribution is 2.16. The van der Waals surface area contributed by atoms with Crippen LogP contribution in [-0.2, 0) is 28.6 Å². The highest BCUT2D eigenvalue weighted by molar-refractivity contribution is 7.84. The van der Waals surface area contributed by atoms with Gasteiger partial charge in [-0.1, -0.05) is 24.3 Å². The summed E-state index contributed by atoms with van der Waals surface area (Å²) in [5.41, 5.74) is 2.49. The van der Waals surface area contributed by atoms with E-state index in [1.54, 1.807) is 6.26 Å². The van der Waals surface area contributed by atoms with Crippen LogP contribution in [0.15, 0.2) is 24.3 Å². The van der Waals surface area contributed by atoms with E-state index in [-0.39, 0.29) is 17.2 Å². The van der Waals surface area contributed by atoms with Crippen LogP contribution in [0, 0.1) is 0 Å². The van der Waals surface area contributed by atoms with Gasteiger partial charge in [0.25, 0.3) is 0 Å². The number of benzene rings is 1. The van der Waals surface area contributed by atoms with Gasteiger partial charge in [-0.3, -0.25) is 9.00 Å². The van der Waals surface area contributed by atoms with Crippen molar-refractivity contribution in [2.45, 2.75) is 31.2 Å². The van der Waals surface area contributed by atoms with Crippen molar-refractivity contribution in [2.75, 3.05) is 12.8 Å². The zero-order valence-corrected chi connectivity index (χ0v) is 12.1. The molecule has 1 aliphatic rings. The first-order chi connectivity index (χ1) is 9.08. The molecule has 0 aliphatic carbocycles. The summed E-state index contributed by atoms with van der Waals surface area (Å²) in [5.74, 6) is -0.00759. The molecule has 0 aromatic heterocycles. The Kier molecular flexibility index (Phi) is 4.71. The third-order valence-corrected chi connectivity index (χ3v) is 4.83. The monoisotopic (exact) mass is 280 g/mol. The van der Waals surface area contributed by atoms with Crippen LogP contribution in [0.2, 0.25) is 0 Å². The average Bonchev–Trinajstić information content (AvgIpc) is 2.43. The summed E-state index contributed by atoms with van der Waals surface area (Å²) in [6.45, 7) is 3.06. The second-order valence-electron chi connectivity index (χ2n) is 4.96. The standard InChI is InChI=1S/C14H20N2O2S/c1-10(19(2)18)8-16-14(17)13-7-11-5-3-4-6-12(11)9-15-13/h3-6,10,13,15H,7-9H2,1-2H3,(H,16,17)/t10?,13-,19?/m0/s1. The molecule has 0 radical (unpaired) electrons. The molecule has 0 spiro atoms. The molecule has 0 saturated heterocycles. The quantitative estimate of drug-likeness (QED) is 0.848. The lowest BCUT2D eigenvalue weighted by Gasteiger charge is -2.25. The fraction of sp³-hybridized carbons (Fsp3) is 0.500. The second kappa shape index (κ2) is 6.30. The minimum Gasteiger partial charge on any atom is -0.354 e. The van der Waals surface area contributed by atoms with E-state index in [0.717, 1.165) is 6.54 Å². The van der Waals surface area contributed by atoms with Crippen LogP contribution in [0.5, 0.6) is 0 Å². The van der Waals surface area contributed by atoms with Gasteiger partial charge in [0.15, 0.2) is 0 Å². The fourth-order valence-electron chi connectivity index (χ4n) is 2.12. The lowest BCUT2D eigenvalue weighted by atomic mass is 9.95. The van der Waals surface area contributed by atoms with Crippen molar-refractivity contribution in [2.24, 2.45) is 0 Å². The van der Waals surface area contributed by atoms with Gasteiger partial charge in [0, 0.05) is 35.4 Å². The van der Waals surface area contributed by atoms with Crippen molar-refractivity contribution >= 4 is 16.7 Å². The number of rotatable bonds is 4. The molecular weight excluding hydrogens is 260 g/mol. The van der Waals surface area contributed by atoms with E-state index in [9.17, 15) is 9.00 Å². The Morgan fingerprint density at radius 1 is 1.47 bits per heavy atom. The van der Waals surface area contributed by atoms with Crippen molar-refractivity contribution < 1.29 is 9.00 Å². The first-order valence-electron chi connectivity index (χ1n) is 6.48. The Balaban J connectivity index is 1.90. The zero-order chi connectivity index (χ0) is 13.8. The molecule has 1 aromatic rings. The predicted molar refractivity (Wildman–Crippen MR) is 77.3 cm³/mol. The van der Waals surface area contributed by atoms with E-state index < -0.39 is 10.8 Å². The lowest BCUT2D eigenvalue weighted by Crippen LogP contribution is -2.49. The summed E-state index contributed by atoms with van der Waals surface area (Å²) in [7, 11) is -0.903. The number of carbonyl (C=O) groups excluding carboxylic acids is 1. The number of fused-ring (bicyclic) bond motifs is 1. The minimum absolute atomic E-state index is 0.00759. The molecule has 1 aliphatic heterocycles. The Morgan fingerprint density at radius 2 is 2.16 bits per heavy atom. The van der Waals surface area contributed by atoms with Gasteiger partial charge in [-0.05, 0) is 24.5 Å². The lowest BCUT2D eigenvalue weighted by molar-refractivity contribution is -0.123. The van der Waals surface area contributed by atoms with Crippen LogP contribution in [0.25, 0.3) is 0 Å². The van der Waals surface area contributed by atoms with Gasteiger partial charge >= 0.3 is 0 Å². The van der Waals surface area contributed by atoms with Crippen molar-refractivity contribution in [3.8, 4) is 0 Å². The van der Waals surface area contributed by atoms with Gasteiger partial charge in [0.1, 0.15) is 0 Å². The molecule has 104 valence electrons. The minimum atomic E-state index is -0.903. The molecule has 2 unspecified atom stereocenters. The number of hydrogen-bond acceptors (Lipinski definition) is 3. The zero-order valence-electron chi connectivity index (χ0n) is 11.3. The molecule has 1 aromatic carbocycles. The van der Waals surface area contributed by atoms with Gasteiger partial charge < -0.3 is 10.6 Å². The Hall–Kier alpha value is -1.20. The number of carbonyl (C=O) groups is 1. The summed E-state index contributed by atoms with van der Waals surface area (Å²) in [5, 5.41) is 6.10. The number of nitrogens with one attached hydrogen (secondary N) is 2. The molecule has 0 fully saturated rings. The molecule has 19 heavy (non-hydrogen) atoms. The van der Waals surface area contributed by atoms with Crippen LogP contribution in [-0.4, -0.2) is 34.2 Å². The molecule has 1 heterocycles. The maximum atomic E-state index is 12.1. The van der Waals surface area contributed by atoms with E-state index in [4.69, 9.17) is 0 Å². The largest absolute Gasteiger partial charge is 0.354 e. The van der Waals surface area contributed by atoms with Crippen LogP contribution >= 0.6 is 0 Å². The molecule has 2 N–H and O–H groups in total. The van der Waals surface area contributed by atoms with Gasteiger partial charge in [0.05, 0.1) is 6.04 Å². The first kappa shape index (κ1) is 14.2. The van der Waals surface area contributed by atoms with Crippen molar-refractivity contribution in [3.05, 3.63) is 35.4 Å². The molecule has 2 rings (SSSR count). The van der Waals surface area contributed by atoms with Gasteiger partial charge in [-0.2, -0.15) is 0 Å². The smallest absolute Gasteiger partial charge is 0.237 e. The van der Waals surface area contributed by atoms with Gasteiger partial charge in [0.2, 0.25) is 5.91 Å². The third kappa shape index (κ3) is 3.64. The summed E-state index contributed by atoms with van der Waals surface area (Å²) in [6.07, 6.45) is 2.37. The number of amides is 1. The SMILES string of the molecule is CC(CNC(=O)[C@@H]1Cc2ccccc2CN1)S(C)=O. The van der Waals surface area contributed by atoms with E-state index in [1.807, 2.05) is 19.1 Å². The van der Waals surface area contributed by atoms with Crippen LogP contribution in [0.4, 0.5) is 0 Å². The van der Waals surface area contributed by atoms with E-state index in [1.165, 1.54) is 11.1 Å². The normalized spacial score (nSPS) is 21.3. The predicted octanol–water partition coefficient (Wildman–Crippen LogP) is 0.584. The van der Waals surface area contributed by atoms with Crippen molar-refractivity contribution in [3.63, 3.8) is 0 Å². The van der Waals surface area contributed by atoms with E-state index in [2.05, 4.69) is 22.8 Å². The van der Waals surface area contributed by atoms with Gasteiger partial charge in [-0.25, -0.2) is 0 Å². The summed E-state index contributed by atoms with van der Waals surface area (Å²) < 4.78 is 11.2. The Morgan fingerprint density at radius 3 is 2.84 bits per heavy atom. The summed E-state index contributed by atoms with van der Waals surface area (Å²) >= 11 is 0. The van der Waals surface area contributed by atoms with Crippen LogP contribution in [0.3, 0.4) is 0 Å². The number of hydrogen-bond donors (Lipinski definition) is 2. The maximum Gasteiger partial charge on any atom is 0.237 e. The van der Waals surface area contributed by atoms with E-state index >= 15 is 0 Å². The molecule has 0 saturated carbocycles. The fourth-order valence-corrected chi connectivity index (χ4v) is 2.44. The second-order valence-corrected chi connectivity index (χ2v) is 6.76. The molecule has 3 atom stereocenters. The average molecular weight is 280 g/mol. The first-order valence-corrected chi connectivity index (χ1v) is 8.10. The molecular formula is C14H20N2O2S. The van der Waals surface area contributed by atoms with Crippen LogP contribution < -0.4 is 10.6 Å². The van der Waals surface area contributed by atoms with Crippen molar-refractivity contribution in [1.29, 1.82) is 0 Å². The maximum absolute atomic E-state index is 12.1. The Labute approximate surface area is 116 Å². The highest BCUT2D eigenvalue weighted by atomic mass is 32.2. The summed E-state index contributed by atoms with van der Waals surface area (Å²) in [6, 6.07) is 7.98. The molecule has 5 heteroatoms. The molecule has 1 amide bonds. The van der Waals surface area contributed by atoms with Gasteiger partial charge in [-0.15, -0.1) is 0 Å². The van der Waals surface area contributed by atoms with E-state index in [0.29, 0.717) is 13.0 Å². The molecule has 4 nitrogen and oxygen atoms in total.